The molecule has 84 valence electrons. The number of aliphatic hydroxyl groups is 2. The standard InChI is InChI=1S/C11H14BrFO2/c1-6-3-8(13)4-7(2)10(6)11(15)9(14)5-12/h3-4,9,11,14-15H,5H2,1-2H3. The quantitative estimate of drug-likeness (QED) is 0.832. The fourth-order valence-corrected chi connectivity index (χ4v) is 2.02. The van der Waals surface area contributed by atoms with Crippen LogP contribution in [-0.2, 0) is 0 Å². The Labute approximate surface area is 96.9 Å². The SMILES string of the molecule is Cc1cc(F)cc(C)c1C(O)C(O)CBr. The molecule has 0 aliphatic carbocycles. The van der Waals surface area contributed by atoms with Crippen molar-refractivity contribution in [2.75, 3.05) is 5.33 Å². The minimum atomic E-state index is -0.982. The van der Waals surface area contributed by atoms with Crippen LogP contribution in [0.5, 0.6) is 0 Å². The van der Waals surface area contributed by atoms with Gasteiger partial charge in [0.15, 0.2) is 0 Å². The molecule has 2 nitrogen and oxygen atoms in total. The summed E-state index contributed by atoms with van der Waals surface area (Å²) in [6.45, 7) is 3.44. The third-order valence-electron chi connectivity index (χ3n) is 2.38. The second-order valence-electron chi connectivity index (χ2n) is 3.62. The number of benzene rings is 1. The molecule has 0 amide bonds. The molecule has 0 aliphatic rings. The van der Waals surface area contributed by atoms with Crippen molar-refractivity contribution in [3.8, 4) is 0 Å². The van der Waals surface area contributed by atoms with Crippen molar-refractivity contribution < 1.29 is 14.6 Å². The third-order valence-corrected chi connectivity index (χ3v) is 3.04. The first kappa shape index (κ1) is 12.6. The number of aliphatic hydroxyl groups excluding tert-OH is 2. The lowest BCUT2D eigenvalue weighted by molar-refractivity contribution is 0.0334. The van der Waals surface area contributed by atoms with E-state index in [0.29, 0.717) is 16.7 Å². The number of alkyl halides is 1. The van der Waals surface area contributed by atoms with E-state index in [0.717, 1.165) is 0 Å². The molecule has 2 unspecified atom stereocenters. The third kappa shape index (κ3) is 2.77. The van der Waals surface area contributed by atoms with Crippen molar-refractivity contribution >= 4 is 15.9 Å². The van der Waals surface area contributed by atoms with E-state index in [4.69, 9.17) is 0 Å². The van der Waals surface area contributed by atoms with Crippen LogP contribution in [-0.4, -0.2) is 21.6 Å². The highest BCUT2D eigenvalue weighted by Crippen LogP contribution is 2.26. The molecular formula is C11H14BrFO2. The Morgan fingerprint density at radius 1 is 1.27 bits per heavy atom. The highest BCUT2D eigenvalue weighted by molar-refractivity contribution is 9.09. The number of hydrogen-bond donors (Lipinski definition) is 2. The Bertz CT molecular complexity index is 331. The zero-order valence-corrected chi connectivity index (χ0v) is 10.3. The summed E-state index contributed by atoms with van der Waals surface area (Å²) >= 11 is 3.09. The highest BCUT2D eigenvalue weighted by Gasteiger charge is 2.21. The normalized spacial score (nSPS) is 15.1. The summed E-state index contributed by atoms with van der Waals surface area (Å²) in [4.78, 5) is 0. The molecule has 2 atom stereocenters. The second kappa shape index (κ2) is 5.05. The van der Waals surface area contributed by atoms with Gasteiger partial charge >= 0.3 is 0 Å². The van der Waals surface area contributed by atoms with Crippen LogP contribution < -0.4 is 0 Å². The van der Waals surface area contributed by atoms with Gasteiger partial charge in [-0.05, 0) is 42.7 Å². The van der Waals surface area contributed by atoms with Crippen LogP contribution in [0.2, 0.25) is 0 Å². The molecular weight excluding hydrogens is 263 g/mol. The van der Waals surface area contributed by atoms with Crippen LogP contribution in [0.1, 0.15) is 22.8 Å². The van der Waals surface area contributed by atoms with E-state index >= 15 is 0 Å². The summed E-state index contributed by atoms with van der Waals surface area (Å²) in [5, 5.41) is 19.6. The molecule has 1 aromatic carbocycles. The smallest absolute Gasteiger partial charge is 0.123 e. The topological polar surface area (TPSA) is 40.5 Å². The van der Waals surface area contributed by atoms with Gasteiger partial charge in [0.2, 0.25) is 0 Å². The Kier molecular flexibility index (Phi) is 4.25. The van der Waals surface area contributed by atoms with Gasteiger partial charge in [-0.2, -0.15) is 0 Å². The Morgan fingerprint density at radius 2 is 1.73 bits per heavy atom. The van der Waals surface area contributed by atoms with Gasteiger partial charge in [0, 0.05) is 5.33 Å². The Balaban J connectivity index is 3.13. The lowest BCUT2D eigenvalue weighted by Crippen LogP contribution is -2.21. The van der Waals surface area contributed by atoms with Crippen LogP contribution >= 0.6 is 15.9 Å². The minimum absolute atomic E-state index is 0.282. The summed E-state index contributed by atoms with van der Waals surface area (Å²) in [6.07, 6.45) is -1.86. The van der Waals surface area contributed by atoms with E-state index < -0.39 is 12.2 Å². The molecule has 0 saturated heterocycles. The van der Waals surface area contributed by atoms with E-state index in [-0.39, 0.29) is 11.1 Å². The van der Waals surface area contributed by atoms with E-state index in [9.17, 15) is 14.6 Å². The molecule has 2 N–H and O–H groups in total. The molecule has 0 aliphatic heterocycles. The summed E-state index contributed by atoms with van der Waals surface area (Å²) in [5.41, 5.74) is 1.91. The first-order chi connectivity index (χ1) is 6.97. The average Bonchev–Trinajstić information content (AvgIpc) is 2.14. The van der Waals surface area contributed by atoms with E-state index in [1.165, 1.54) is 12.1 Å². The summed E-state index contributed by atoms with van der Waals surface area (Å²) in [5.74, 6) is -0.325. The van der Waals surface area contributed by atoms with Crippen LogP contribution in [0.15, 0.2) is 12.1 Å². The molecule has 4 heteroatoms. The molecule has 0 heterocycles. The number of aryl methyl sites for hydroxylation is 2. The molecule has 0 aromatic heterocycles. The molecule has 1 rings (SSSR count). The highest BCUT2D eigenvalue weighted by atomic mass is 79.9. The van der Waals surface area contributed by atoms with Gasteiger partial charge in [0.1, 0.15) is 11.9 Å². The zero-order valence-electron chi connectivity index (χ0n) is 8.67. The van der Waals surface area contributed by atoms with Crippen LogP contribution in [0.3, 0.4) is 0 Å². The lowest BCUT2D eigenvalue weighted by atomic mass is 9.95. The van der Waals surface area contributed by atoms with E-state index in [1.807, 2.05) is 0 Å². The maximum absolute atomic E-state index is 13.0. The number of hydrogen-bond acceptors (Lipinski definition) is 2. The Morgan fingerprint density at radius 3 is 2.13 bits per heavy atom. The van der Waals surface area contributed by atoms with Gasteiger partial charge in [-0.3, -0.25) is 0 Å². The molecule has 0 fully saturated rings. The van der Waals surface area contributed by atoms with Gasteiger partial charge in [0.25, 0.3) is 0 Å². The van der Waals surface area contributed by atoms with Crippen molar-refractivity contribution in [1.82, 2.24) is 0 Å². The van der Waals surface area contributed by atoms with Crippen molar-refractivity contribution in [3.05, 3.63) is 34.6 Å². The summed E-state index contributed by atoms with van der Waals surface area (Å²) in [6, 6.07) is 2.71. The molecule has 1 aromatic rings. The molecule has 0 spiro atoms. The van der Waals surface area contributed by atoms with E-state index in [1.54, 1.807) is 13.8 Å². The minimum Gasteiger partial charge on any atom is -0.389 e. The maximum atomic E-state index is 13.0. The van der Waals surface area contributed by atoms with Gasteiger partial charge < -0.3 is 10.2 Å². The van der Waals surface area contributed by atoms with Crippen LogP contribution in [0, 0.1) is 19.7 Å². The van der Waals surface area contributed by atoms with E-state index in [2.05, 4.69) is 15.9 Å². The van der Waals surface area contributed by atoms with Gasteiger partial charge in [0.05, 0.1) is 6.10 Å². The zero-order chi connectivity index (χ0) is 11.6. The predicted molar refractivity (Wildman–Crippen MR) is 60.6 cm³/mol. The molecule has 0 radical (unpaired) electrons. The molecule has 0 saturated carbocycles. The van der Waals surface area contributed by atoms with Gasteiger partial charge in [-0.25, -0.2) is 4.39 Å². The largest absolute Gasteiger partial charge is 0.389 e. The first-order valence-electron chi connectivity index (χ1n) is 4.66. The maximum Gasteiger partial charge on any atom is 0.123 e. The van der Waals surface area contributed by atoms with Gasteiger partial charge in [-0.1, -0.05) is 15.9 Å². The van der Waals surface area contributed by atoms with Crippen molar-refractivity contribution in [1.29, 1.82) is 0 Å². The number of rotatable bonds is 3. The lowest BCUT2D eigenvalue weighted by Gasteiger charge is -2.20. The average molecular weight is 277 g/mol. The summed E-state index contributed by atoms with van der Waals surface area (Å²) in [7, 11) is 0. The number of halogens is 2. The fourth-order valence-electron chi connectivity index (χ4n) is 1.67. The predicted octanol–water partition coefficient (Wildman–Crippen LogP) is 2.23. The Hall–Kier alpha value is -0.450. The van der Waals surface area contributed by atoms with Gasteiger partial charge in [-0.15, -0.1) is 0 Å². The van der Waals surface area contributed by atoms with Crippen LogP contribution in [0.4, 0.5) is 4.39 Å². The monoisotopic (exact) mass is 276 g/mol. The first-order valence-corrected chi connectivity index (χ1v) is 5.78. The molecule has 15 heavy (non-hydrogen) atoms. The summed E-state index contributed by atoms with van der Waals surface area (Å²) < 4.78 is 13.0. The molecule has 0 bridgehead atoms. The van der Waals surface area contributed by atoms with Crippen molar-refractivity contribution in [2.24, 2.45) is 0 Å². The van der Waals surface area contributed by atoms with Crippen LogP contribution in [0.25, 0.3) is 0 Å². The van der Waals surface area contributed by atoms with Crippen molar-refractivity contribution in [2.45, 2.75) is 26.1 Å². The second-order valence-corrected chi connectivity index (χ2v) is 4.27. The fraction of sp³-hybridized carbons (Fsp3) is 0.455. The van der Waals surface area contributed by atoms with Crippen molar-refractivity contribution in [3.63, 3.8) is 0 Å².